The minimum Gasteiger partial charge on any atom is -0.349 e. The van der Waals surface area contributed by atoms with Crippen molar-refractivity contribution in [1.82, 2.24) is 20.1 Å². The lowest BCUT2D eigenvalue weighted by Crippen LogP contribution is -2.25. The predicted molar refractivity (Wildman–Crippen MR) is 97.1 cm³/mol. The van der Waals surface area contributed by atoms with Gasteiger partial charge in [0.2, 0.25) is 5.82 Å². The molecule has 25 heavy (non-hydrogen) atoms. The molecular formula is C18H16BrFN4O. The molecule has 0 aliphatic rings. The van der Waals surface area contributed by atoms with Crippen molar-refractivity contribution >= 4 is 21.8 Å². The summed E-state index contributed by atoms with van der Waals surface area (Å²) < 4.78 is 15.7. The summed E-state index contributed by atoms with van der Waals surface area (Å²) in [6, 6.07) is 13.4. The van der Waals surface area contributed by atoms with E-state index in [2.05, 4.69) is 31.3 Å². The number of benzene rings is 2. The van der Waals surface area contributed by atoms with E-state index < -0.39 is 0 Å². The maximum Gasteiger partial charge on any atom is 0.290 e. The highest BCUT2D eigenvalue weighted by atomic mass is 79.9. The molecule has 3 rings (SSSR count). The molecule has 7 heteroatoms. The van der Waals surface area contributed by atoms with Gasteiger partial charge in [-0.25, -0.2) is 14.1 Å². The van der Waals surface area contributed by atoms with E-state index in [9.17, 15) is 9.18 Å². The summed E-state index contributed by atoms with van der Waals surface area (Å²) in [5.41, 5.74) is 1.43. The molecule has 0 aliphatic heterocycles. The lowest BCUT2D eigenvalue weighted by molar-refractivity contribution is 0.0943. The molecule has 5 nitrogen and oxygen atoms in total. The monoisotopic (exact) mass is 402 g/mol. The van der Waals surface area contributed by atoms with E-state index in [1.54, 1.807) is 16.8 Å². The van der Waals surface area contributed by atoms with Crippen molar-refractivity contribution in [3.8, 4) is 17.1 Å². The average molecular weight is 403 g/mol. The second kappa shape index (κ2) is 7.57. The summed E-state index contributed by atoms with van der Waals surface area (Å²) in [4.78, 5) is 16.6. The number of rotatable bonds is 5. The highest BCUT2D eigenvalue weighted by Crippen LogP contribution is 2.23. The van der Waals surface area contributed by atoms with Crippen molar-refractivity contribution in [1.29, 1.82) is 0 Å². The first kappa shape index (κ1) is 17.3. The fourth-order valence-electron chi connectivity index (χ4n) is 2.27. The Morgan fingerprint density at radius 1 is 1.16 bits per heavy atom. The van der Waals surface area contributed by atoms with E-state index in [0.717, 1.165) is 16.5 Å². The minimum atomic E-state index is -0.338. The lowest BCUT2D eigenvalue weighted by Gasteiger charge is -2.06. The number of hydrogen-bond acceptors (Lipinski definition) is 3. The van der Waals surface area contributed by atoms with Crippen LogP contribution in [0.4, 0.5) is 4.39 Å². The first-order valence-corrected chi connectivity index (χ1v) is 8.65. The van der Waals surface area contributed by atoms with Crippen LogP contribution < -0.4 is 5.32 Å². The van der Waals surface area contributed by atoms with Gasteiger partial charge in [0.1, 0.15) is 5.82 Å². The molecule has 1 heterocycles. The smallest absolute Gasteiger partial charge is 0.290 e. The summed E-state index contributed by atoms with van der Waals surface area (Å²) in [7, 11) is 0. The van der Waals surface area contributed by atoms with E-state index in [-0.39, 0.29) is 17.5 Å². The molecule has 0 spiro atoms. The topological polar surface area (TPSA) is 59.8 Å². The van der Waals surface area contributed by atoms with Gasteiger partial charge < -0.3 is 5.32 Å². The standard InChI is InChI=1S/C18H16BrFN4O/c1-2-11-21-18(25)16-22-17(12-3-5-13(19)6-4-12)24(23-16)15-9-7-14(20)8-10-15/h3-10H,2,11H2,1H3,(H,21,25). The van der Waals surface area contributed by atoms with Gasteiger partial charge in [-0.1, -0.05) is 35.0 Å². The molecule has 2 aromatic carbocycles. The molecule has 0 bridgehead atoms. The summed E-state index contributed by atoms with van der Waals surface area (Å²) in [6.07, 6.45) is 0.823. The van der Waals surface area contributed by atoms with Crippen LogP contribution in [0, 0.1) is 5.82 Å². The molecule has 0 saturated carbocycles. The Bertz CT molecular complexity index is 812. The molecule has 1 aromatic heterocycles. The normalized spacial score (nSPS) is 10.7. The number of hydrogen-bond donors (Lipinski definition) is 1. The number of amides is 1. The Morgan fingerprint density at radius 3 is 2.48 bits per heavy atom. The molecule has 0 aliphatic carbocycles. The zero-order valence-corrected chi connectivity index (χ0v) is 15.1. The van der Waals surface area contributed by atoms with Crippen LogP contribution in [-0.2, 0) is 0 Å². The van der Waals surface area contributed by atoms with Crippen LogP contribution in [0.3, 0.4) is 0 Å². The quantitative estimate of drug-likeness (QED) is 0.701. The van der Waals surface area contributed by atoms with Gasteiger partial charge in [-0.15, -0.1) is 5.10 Å². The van der Waals surface area contributed by atoms with Crippen molar-refractivity contribution in [2.24, 2.45) is 0 Å². The van der Waals surface area contributed by atoms with Crippen LogP contribution in [0.15, 0.2) is 53.0 Å². The Kier molecular flexibility index (Phi) is 5.23. The Balaban J connectivity index is 2.07. The number of halogens is 2. The molecule has 128 valence electrons. The number of aromatic nitrogens is 3. The largest absolute Gasteiger partial charge is 0.349 e. The zero-order chi connectivity index (χ0) is 17.8. The van der Waals surface area contributed by atoms with E-state index in [4.69, 9.17) is 0 Å². The van der Waals surface area contributed by atoms with E-state index in [1.165, 1.54) is 12.1 Å². The van der Waals surface area contributed by atoms with Crippen LogP contribution in [0.5, 0.6) is 0 Å². The van der Waals surface area contributed by atoms with Crippen LogP contribution in [0.1, 0.15) is 24.0 Å². The Hall–Kier alpha value is -2.54. The van der Waals surface area contributed by atoms with Gasteiger partial charge in [-0.05, 0) is 42.8 Å². The molecule has 1 amide bonds. The van der Waals surface area contributed by atoms with Gasteiger partial charge >= 0.3 is 0 Å². The van der Waals surface area contributed by atoms with E-state index in [0.29, 0.717) is 18.1 Å². The first-order chi connectivity index (χ1) is 12.1. The molecule has 0 saturated heterocycles. The van der Waals surface area contributed by atoms with Gasteiger partial charge in [0.25, 0.3) is 5.91 Å². The van der Waals surface area contributed by atoms with Crippen LogP contribution in [0.25, 0.3) is 17.1 Å². The summed E-state index contributed by atoms with van der Waals surface area (Å²) in [5, 5.41) is 7.09. The highest BCUT2D eigenvalue weighted by molar-refractivity contribution is 9.10. The molecule has 1 N–H and O–H groups in total. The van der Waals surface area contributed by atoms with E-state index in [1.807, 2.05) is 31.2 Å². The van der Waals surface area contributed by atoms with Crippen molar-refractivity contribution in [2.75, 3.05) is 6.54 Å². The van der Waals surface area contributed by atoms with Crippen LogP contribution in [0.2, 0.25) is 0 Å². The number of carbonyl (C=O) groups excluding carboxylic acids is 1. The second-order valence-corrected chi connectivity index (χ2v) is 6.33. The van der Waals surface area contributed by atoms with Gasteiger partial charge in [-0.2, -0.15) is 0 Å². The zero-order valence-electron chi connectivity index (χ0n) is 13.5. The van der Waals surface area contributed by atoms with Crippen molar-refractivity contribution in [3.05, 3.63) is 64.6 Å². The van der Waals surface area contributed by atoms with Gasteiger partial charge in [0.05, 0.1) is 5.69 Å². The highest BCUT2D eigenvalue weighted by Gasteiger charge is 2.18. The van der Waals surface area contributed by atoms with Gasteiger partial charge in [-0.3, -0.25) is 4.79 Å². The van der Waals surface area contributed by atoms with Crippen LogP contribution >= 0.6 is 15.9 Å². The number of nitrogens with one attached hydrogen (secondary N) is 1. The Labute approximate surface area is 153 Å². The second-order valence-electron chi connectivity index (χ2n) is 5.41. The third-order valence-corrected chi connectivity index (χ3v) is 4.05. The predicted octanol–water partition coefficient (Wildman–Crippen LogP) is 3.98. The molecule has 0 fully saturated rings. The maximum atomic E-state index is 13.2. The van der Waals surface area contributed by atoms with E-state index >= 15 is 0 Å². The third-order valence-electron chi connectivity index (χ3n) is 3.52. The first-order valence-electron chi connectivity index (χ1n) is 7.85. The molecular weight excluding hydrogens is 387 g/mol. The molecule has 3 aromatic rings. The third kappa shape index (κ3) is 3.93. The SMILES string of the molecule is CCCNC(=O)c1nc(-c2ccc(Br)cc2)n(-c2ccc(F)cc2)n1. The van der Waals surface area contributed by atoms with Crippen molar-refractivity contribution in [2.45, 2.75) is 13.3 Å². The molecule has 0 atom stereocenters. The number of nitrogens with zero attached hydrogens (tertiary/aromatic N) is 3. The number of carbonyl (C=O) groups is 1. The van der Waals surface area contributed by atoms with Crippen molar-refractivity contribution in [3.63, 3.8) is 0 Å². The van der Waals surface area contributed by atoms with Gasteiger partial charge in [0.15, 0.2) is 5.82 Å². The summed E-state index contributed by atoms with van der Waals surface area (Å²) >= 11 is 3.40. The van der Waals surface area contributed by atoms with Gasteiger partial charge in [0, 0.05) is 16.6 Å². The summed E-state index contributed by atoms with van der Waals surface area (Å²) in [6.45, 7) is 2.52. The van der Waals surface area contributed by atoms with Crippen LogP contribution in [-0.4, -0.2) is 27.2 Å². The molecule has 0 radical (unpaired) electrons. The fourth-order valence-corrected chi connectivity index (χ4v) is 2.54. The average Bonchev–Trinajstić information content (AvgIpc) is 3.06. The lowest BCUT2D eigenvalue weighted by atomic mass is 10.2. The fraction of sp³-hybridized carbons (Fsp3) is 0.167. The Morgan fingerprint density at radius 2 is 1.84 bits per heavy atom. The summed E-state index contributed by atoms with van der Waals surface area (Å²) in [5.74, 6) is -0.0764. The maximum absolute atomic E-state index is 13.2. The van der Waals surface area contributed by atoms with Crippen molar-refractivity contribution < 1.29 is 9.18 Å². The minimum absolute atomic E-state index is 0.0793. The molecule has 0 unspecified atom stereocenters.